The molecule has 4 rings (SSSR count). The number of ketones is 1. The number of Topliss-reactive ketones (excluding diaryl/α,β-unsaturated/α-hetero) is 1. The van der Waals surface area contributed by atoms with Crippen molar-refractivity contribution in [3.63, 3.8) is 0 Å². The van der Waals surface area contributed by atoms with Crippen LogP contribution in [0.3, 0.4) is 0 Å². The molecule has 0 amide bonds. The number of para-hydroxylation sites is 1. The average molecular weight is 371 g/mol. The Hall–Kier alpha value is -3.20. The molecule has 0 N–H and O–H groups in total. The van der Waals surface area contributed by atoms with Crippen LogP contribution in [-0.2, 0) is 13.0 Å². The maximum Gasteiger partial charge on any atom is 0.165 e. The van der Waals surface area contributed by atoms with Crippen molar-refractivity contribution in [2.75, 3.05) is 0 Å². The minimum atomic E-state index is -0.263. The summed E-state index contributed by atoms with van der Waals surface area (Å²) in [7, 11) is 0. The number of hydrogen-bond donors (Lipinski definition) is 0. The summed E-state index contributed by atoms with van der Waals surface area (Å²) >= 11 is 0. The summed E-state index contributed by atoms with van der Waals surface area (Å²) in [6.45, 7) is 2.74. The second-order valence-corrected chi connectivity index (χ2v) is 7.10. The lowest BCUT2D eigenvalue weighted by molar-refractivity contribution is 0.0983. The van der Waals surface area contributed by atoms with Gasteiger partial charge in [0.1, 0.15) is 5.82 Å². The van der Waals surface area contributed by atoms with E-state index in [4.69, 9.17) is 0 Å². The molecule has 0 aliphatic heterocycles. The zero-order valence-electron chi connectivity index (χ0n) is 15.9. The molecule has 1 heterocycles. The maximum atomic E-state index is 13.4. The zero-order chi connectivity index (χ0) is 19.5. The quantitative estimate of drug-likeness (QED) is 0.384. The van der Waals surface area contributed by atoms with E-state index in [9.17, 15) is 9.18 Å². The van der Waals surface area contributed by atoms with Crippen LogP contribution in [0, 0.1) is 12.7 Å². The number of hydrogen-bond acceptors (Lipinski definition) is 1. The van der Waals surface area contributed by atoms with E-state index < -0.39 is 0 Å². The molecule has 4 aromatic rings. The van der Waals surface area contributed by atoms with Gasteiger partial charge in [-0.2, -0.15) is 0 Å². The minimum Gasteiger partial charge on any atom is -0.340 e. The highest BCUT2D eigenvalue weighted by Gasteiger charge is 2.19. The van der Waals surface area contributed by atoms with Crippen molar-refractivity contribution in [1.82, 2.24) is 4.57 Å². The van der Waals surface area contributed by atoms with Gasteiger partial charge in [0.2, 0.25) is 0 Å². The monoisotopic (exact) mass is 371 g/mol. The largest absolute Gasteiger partial charge is 0.340 e. The van der Waals surface area contributed by atoms with Gasteiger partial charge in [-0.3, -0.25) is 4.79 Å². The van der Waals surface area contributed by atoms with Crippen molar-refractivity contribution in [3.8, 4) is 0 Å². The summed E-state index contributed by atoms with van der Waals surface area (Å²) in [5.41, 5.74) is 4.87. The van der Waals surface area contributed by atoms with Crippen LogP contribution in [0.15, 0.2) is 78.9 Å². The van der Waals surface area contributed by atoms with E-state index in [1.54, 1.807) is 6.07 Å². The van der Waals surface area contributed by atoms with E-state index in [1.165, 1.54) is 17.7 Å². The first-order chi connectivity index (χ1) is 13.6. The molecule has 0 fully saturated rings. The van der Waals surface area contributed by atoms with Crippen LogP contribution in [0.25, 0.3) is 10.9 Å². The van der Waals surface area contributed by atoms with E-state index in [0.29, 0.717) is 12.8 Å². The first kappa shape index (κ1) is 18.2. The van der Waals surface area contributed by atoms with Crippen LogP contribution >= 0.6 is 0 Å². The van der Waals surface area contributed by atoms with Gasteiger partial charge >= 0.3 is 0 Å². The third-order valence-electron chi connectivity index (χ3n) is 5.22. The van der Waals surface area contributed by atoms with Crippen LogP contribution < -0.4 is 0 Å². The van der Waals surface area contributed by atoms with Crippen LogP contribution in [0.5, 0.6) is 0 Å². The molecule has 2 nitrogen and oxygen atoms in total. The van der Waals surface area contributed by atoms with Gasteiger partial charge in [0.15, 0.2) is 5.78 Å². The van der Waals surface area contributed by atoms with Crippen LogP contribution in [-0.4, -0.2) is 10.4 Å². The predicted octanol–water partition coefficient (Wildman–Crippen LogP) is 5.95. The highest BCUT2D eigenvalue weighted by Crippen LogP contribution is 2.28. The lowest BCUT2D eigenvalue weighted by atomic mass is 10.0. The molecule has 0 aliphatic carbocycles. The minimum absolute atomic E-state index is 0.102. The summed E-state index contributed by atoms with van der Waals surface area (Å²) in [5.74, 6) is -0.162. The Bertz CT molecular complexity index is 1130. The van der Waals surface area contributed by atoms with Gasteiger partial charge in [-0.05, 0) is 42.7 Å². The van der Waals surface area contributed by atoms with Gasteiger partial charge in [-0.15, -0.1) is 0 Å². The second-order valence-electron chi connectivity index (χ2n) is 7.10. The van der Waals surface area contributed by atoms with E-state index in [-0.39, 0.29) is 11.6 Å². The summed E-state index contributed by atoms with van der Waals surface area (Å²) in [6, 6.07) is 24.8. The fourth-order valence-corrected chi connectivity index (χ4v) is 3.83. The number of aryl methyl sites for hydroxylation is 1. The standard InChI is InChI=1S/C25H22FNO/c1-18-25(24(28)15-14-19-10-7-11-21(26)16-19)22-12-5-6-13-23(22)27(18)17-20-8-3-2-4-9-20/h2-13,16H,14-15,17H2,1H3. The Morgan fingerprint density at radius 3 is 2.39 bits per heavy atom. The number of benzene rings is 3. The molecule has 0 radical (unpaired) electrons. The molecule has 28 heavy (non-hydrogen) atoms. The molecule has 140 valence electrons. The van der Waals surface area contributed by atoms with E-state index in [2.05, 4.69) is 22.8 Å². The number of rotatable bonds is 6. The maximum absolute atomic E-state index is 13.4. The molecule has 0 spiro atoms. The summed E-state index contributed by atoms with van der Waals surface area (Å²) in [5, 5.41) is 0.986. The fraction of sp³-hybridized carbons (Fsp3) is 0.160. The molecule has 0 aliphatic rings. The molecular formula is C25H22FNO. The highest BCUT2D eigenvalue weighted by molar-refractivity contribution is 6.09. The number of aromatic nitrogens is 1. The third-order valence-corrected chi connectivity index (χ3v) is 5.22. The Morgan fingerprint density at radius 2 is 1.61 bits per heavy atom. The SMILES string of the molecule is Cc1c(C(=O)CCc2cccc(F)c2)c2ccccc2n1Cc1ccccc1. The molecule has 3 heteroatoms. The Labute approximate surface area is 164 Å². The molecule has 0 saturated carbocycles. The highest BCUT2D eigenvalue weighted by atomic mass is 19.1. The number of halogens is 1. The first-order valence-electron chi connectivity index (χ1n) is 9.53. The third kappa shape index (κ3) is 3.61. The molecule has 3 aromatic carbocycles. The van der Waals surface area contributed by atoms with Crippen molar-refractivity contribution in [2.24, 2.45) is 0 Å². The lowest BCUT2D eigenvalue weighted by Crippen LogP contribution is -2.06. The summed E-state index contributed by atoms with van der Waals surface area (Å²) in [6.07, 6.45) is 0.901. The smallest absolute Gasteiger partial charge is 0.165 e. The zero-order valence-corrected chi connectivity index (χ0v) is 15.9. The molecule has 0 unspecified atom stereocenters. The summed E-state index contributed by atoms with van der Waals surface area (Å²) < 4.78 is 15.6. The van der Waals surface area contributed by atoms with Crippen LogP contribution in [0.2, 0.25) is 0 Å². The molecular weight excluding hydrogens is 349 g/mol. The molecule has 0 atom stereocenters. The number of carbonyl (C=O) groups is 1. The van der Waals surface area contributed by atoms with Crippen molar-refractivity contribution >= 4 is 16.7 Å². The van der Waals surface area contributed by atoms with Gasteiger partial charge in [0.25, 0.3) is 0 Å². The molecule has 0 saturated heterocycles. The number of fused-ring (bicyclic) bond motifs is 1. The lowest BCUT2D eigenvalue weighted by Gasteiger charge is -2.09. The summed E-state index contributed by atoms with van der Waals surface area (Å²) in [4.78, 5) is 13.1. The van der Waals surface area contributed by atoms with Crippen LogP contribution in [0.1, 0.15) is 33.6 Å². The number of nitrogens with zero attached hydrogens (tertiary/aromatic N) is 1. The predicted molar refractivity (Wildman–Crippen MR) is 111 cm³/mol. The van der Waals surface area contributed by atoms with Gasteiger partial charge < -0.3 is 4.57 Å². The average Bonchev–Trinajstić information content (AvgIpc) is 2.99. The van der Waals surface area contributed by atoms with Gasteiger partial charge in [-0.1, -0.05) is 60.7 Å². The fourth-order valence-electron chi connectivity index (χ4n) is 3.83. The van der Waals surface area contributed by atoms with Crippen molar-refractivity contribution in [1.29, 1.82) is 0 Å². The second kappa shape index (κ2) is 7.81. The normalized spacial score (nSPS) is 11.1. The topological polar surface area (TPSA) is 22.0 Å². The van der Waals surface area contributed by atoms with Crippen molar-refractivity contribution < 1.29 is 9.18 Å². The number of carbonyl (C=O) groups excluding carboxylic acids is 1. The van der Waals surface area contributed by atoms with Crippen molar-refractivity contribution in [2.45, 2.75) is 26.3 Å². The Morgan fingerprint density at radius 1 is 0.893 bits per heavy atom. The van der Waals surface area contributed by atoms with E-state index in [1.807, 2.05) is 49.4 Å². The molecule has 1 aromatic heterocycles. The van der Waals surface area contributed by atoms with E-state index in [0.717, 1.165) is 34.3 Å². The van der Waals surface area contributed by atoms with Gasteiger partial charge in [0, 0.05) is 35.1 Å². The Kier molecular flexibility index (Phi) is 5.07. The molecule has 0 bridgehead atoms. The van der Waals surface area contributed by atoms with Gasteiger partial charge in [-0.25, -0.2) is 4.39 Å². The van der Waals surface area contributed by atoms with Crippen molar-refractivity contribution in [3.05, 3.63) is 107 Å². The first-order valence-corrected chi connectivity index (χ1v) is 9.53. The van der Waals surface area contributed by atoms with E-state index >= 15 is 0 Å². The van der Waals surface area contributed by atoms with Crippen LogP contribution in [0.4, 0.5) is 4.39 Å². The van der Waals surface area contributed by atoms with Gasteiger partial charge in [0.05, 0.1) is 0 Å². The Balaban J connectivity index is 1.66.